The molecule has 2 N–H and O–H groups in total. The molecule has 0 radical (unpaired) electrons. The molecule has 0 aliphatic heterocycles. The van der Waals surface area contributed by atoms with Gasteiger partial charge in [-0.05, 0) is 30.9 Å². The van der Waals surface area contributed by atoms with E-state index in [1.807, 2.05) is 19.9 Å². The first kappa shape index (κ1) is 21.4. The average Bonchev–Trinajstić information content (AvgIpc) is 2.58. The lowest BCUT2D eigenvalue weighted by Crippen LogP contribution is -2.39. The molecule has 0 aliphatic rings. The maximum absolute atomic E-state index is 11.6. The minimum Gasteiger partial charge on any atom is -0.357 e. The Morgan fingerprint density at radius 1 is 1.12 bits per heavy atom. The number of aryl methyl sites for hydroxylation is 1. The predicted octanol–water partition coefficient (Wildman–Crippen LogP) is 1.98. The van der Waals surface area contributed by atoms with Gasteiger partial charge in [-0.3, -0.25) is 0 Å². The molecule has 7 heteroatoms. The minimum absolute atomic E-state index is 0.501. The predicted molar refractivity (Wildman–Crippen MR) is 105 cm³/mol. The van der Waals surface area contributed by atoms with Crippen molar-refractivity contribution in [2.45, 2.75) is 40.2 Å². The Morgan fingerprint density at radius 3 is 2.36 bits per heavy atom. The van der Waals surface area contributed by atoms with E-state index in [0.717, 1.165) is 25.3 Å². The topological polar surface area (TPSA) is 73.8 Å². The Morgan fingerprint density at radius 2 is 1.80 bits per heavy atom. The van der Waals surface area contributed by atoms with E-state index in [0.29, 0.717) is 26.2 Å². The molecule has 0 saturated carbocycles. The van der Waals surface area contributed by atoms with Crippen LogP contribution in [-0.2, 0) is 23.0 Å². The molecule has 0 amide bonds. The van der Waals surface area contributed by atoms with Gasteiger partial charge in [0.1, 0.15) is 0 Å². The summed E-state index contributed by atoms with van der Waals surface area (Å²) in [5.74, 6) is 0.760. The second-order valence-corrected chi connectivity index (χ2v) is 7.83. The molecule has 1 aromatic rings. The van der Waals surface area contributed by atoms with E-state index in [1.54, 1.807) is 0 Å². The molecule has 1 rings (SSSR count). The van der Waals surface area contributed by atoms with Gasteiger partial charge < -0.3 is 10.6 Å². The number of nitrogens with zero attached hydrogens (tertiary/aromatic N) is 2. The monoisotopic (exact) mass is 368 g/mol. The van der Waals surface area contributed by atoms with Crippen molar-refractivity contribution in [1.82, 2.24) is 14.9 Å². The third-order valence-electron chi connectivity index (χ3n) is 3.95. The van der Waals surface area contributed by atoms with Crippen LogP contribution in [0.15, 0.2) is 29.3 Å². The molecule has 0 fully saturated rings. The molecule has 0 atom stereocenters. The lowest BCUT2D eigenvalue weighted by Gasteiger charge is -2.18. The summed E-state index contributed by atoms with van der Waals surface area (Å²) in [4.78, 5) is 4.64. The van der Waals surface area contributed by atoms with Crippen molar-refractivity contribution in [2.24, 2.45) is 4.99 Å². The van der Waals surface area contributed by atoms with Gasteiger partial charge in [-0.1, -0.05) is 38.1 Å². The molecular formula is C18H32N4O2S. The number of sulfonamides is 1. The van der Waals surface area contributed by atoms with Crippen molar-refractivity contribution in [2.75, 3.05) is 32.4 Å². The molecule has 0 aliphatic carbocycles. The van der Waals surface area contributed by atoms with Crippen LogP contribution in [0.1, 0.15) is 38.3 Å². The third-order valence-corrected chi connectivity index (χ3v) is 5.33. The largest absolute Gasteiger partial charge is 0.357 e. The van der Waals surface area contributed by atoms with E-state index >= 15 is 0 Å². The highest BCUT2D eigenvalue weighted by Gasteiger charge is 2.13. The lowest BCUT2D eigenvalue weighted by atomic mass is 10.1. The SMILES string of the molecule is CCNC(=NCc1ccccc1CC)NCCCN(CC)S(C)(=O)=O. The zero-order valence-electron chi connectivity index (χ0n) is 15.9. The number of aliphatic imine (C=N–C) groups is 1. The maximum Gasteiger partial charge on any atom is 0.211 e. The first-order valence-electron chi connectivity index (χ1n) is 8.96. The molecule has 6 nitrogen and oxygen atoms in total. The Bertz CT molecular complexity index is 644. The van der Waals surface area contributed by atoms with E-state index in [-0.39, 0.29) is 0 Å². The molecule has 0 spiro atoms. The van der Waals surface area contributed by atoms with Crippen molar-refractivity contribution in [1.29, 1.82) is 0 Å². The minimum atomic E-state index is -3.12. The van der Waals surface area contributed by atoms with Gasteiger partial charge in [0.25, 0.3) is 0 Å². The Balaban J connectivity index is 2.56. The second-order valence-electron chi connectivity index (χ2n) is 5.85. The van der Waals surface area contributed by atoms with Gasteiger partial charge in [-0.25, -0.2) is 17.7 Å². The molecule has 0 aromatic heterocycles. The van der Waals surface area contributed by atoms with Gasteiger partial charge in [0.2, 0.25) is 10.0 Å². The standard InChI is InChI=1S/C18H32N4O2S/c1-5-16-11-8-9-12-17(16)15-21-18(19-6-2)20-13-10-14-22(7-3)25(4,23)24/h8-9,11-12H,5-7,10,13-15H2,1-4H3,(H2,19,20,21). The van der Waals surface area contributed by atoms with E-state index in [9.17, 15) is 8.42 Å². The summed E-state index contributed by atoms with van der Waals surface area (Å²) in [6.45, 7) is 9.13. The van der Waals surface area contributed by atoms with Crippen LogP contribution >= 0.6 is 0 Å². The summed E-state index contributed by atoms with van der Waals surface area (Å²) >= 11 is 0. The van der Waals surface area contributed by atoms with Gasteiger partial charge in [0.05, 0.1) is 12.8 Å². The molecule has 142 valence electrons. The summed E-state index contributed by atoms with van der Waals surface area (Å²) in [7, 11) is -3.12. The Hall–Kier alpha value is -1.60. The van der Waals surface area contributed by atoms with Gasteiger partial charge in [-0.2, -0.15) is 0 Å². The maximum atomic E-state index is 11.6. The fourth-order valence-corrected chi connectivity index (χ4v) is 3.51. The third kappa shape index (κ3) is 7.88. The summed E-state index contributed by atoms with van der Waals surface area (Å²) < 4.78 is 24.6. The second kappa shape index (κ2) is 11.1. The molecule has 0 saturated heterocycles. The molecule has 0 heterocycles. The van der Waals surface area contributed by atoms with E-state index in [1.165, 1.54) is 21.7 Å². The average molecular weight is 369 g/mol. The summed E-state index contributed by atoms with van der Waals surface area (Å²) in [5.41, 5.74) is 2.55. The van der Waals surface area contributed by atoms with Crippen LogP contribution in [0.4, 0.5) is 0 Å². The molecular weight excluding hydrogens is 336 g/mol. The Labute approximate surface area is 152 Å². The van der Waals surface area contributed by atoms with Crippen LogP contribution in [0.3, 0.4) is 0 Å². The van der Waals surface area contributed by atoms with Crippen molar-refractivity contribution in [3.8, 4) is 0 Å². The van der Waals surface area contributed by atoms with Gasteiger partial charge in [0, 0.05) is 26.2 Å². The Kier molecular flexibility index (Phi) is 9.52. The van der Waals surface area contributed by atoms with Crippen LogP contribution in [-0.4, -0.2) is 51.1 Å². The fraction of sp³-hybridized carbons (Fsp3) is 0.611. The zero-order chi connectivity index (χ0) is 18.7. The first-order chi connectivity index (χ1) is 11.9. The first-order valence-corrected chi connectivity index (χ1v) is 10.8. The van der Waals surface area contributed by atoms with Crippen molar-refractivity contribution >= 4 is 16.0 Å². The summed E-state index contributed by atoms with van der Waals surface area (Å²) in [6.07, 6.45) is 2.98. The van der Waals surface area contributed by atoms with E-state index < -0.39 is 10.0 Å². The normalized spacial score (nSPS) is 12.4. The highest BCUT2D eigenvalue weighted by atomic mass is 32.2. The molecule has 0 unspecified atom stereocenters. The number of guanidine groups is 1. The van der Waals surface area contributed by atoms with E-state index in [4.69, 9.17) is 0 Å². The van der Waals surface area contributed by atoms with Crippen LogP contribution in [0.2, 0.25) is 0 Å². The van der Waals surface area contributed by atoms with Crippen LogP contribution in [0.5, 0.6) is 0 Å². The summed E-state index contributed by atoms with van der Waals surface area (Å²) in [5, 5.41) is 6.51. The van der Waals surface area contributed by atoms with Crippen molar-refractivity contribution in [3.05, 3.63) is 35.4 Å². The number of rotatable bonds is 10. The smallest absolute Gasteiger partial charge is 0.211 e. The van der Waals surface area contributed by atoms with Gasteiger partial charge in [-0.15, -0.1) is 0 Å². The van der Waals surface area contributed by atoms with Crippen LogP contribution in [0, 0.1) is 0 Å². The number of hydrogen-bond acceptors (Lipinski definition) is 3. The molecule has 0 bridgehead atoms. The van der Waals surface area contributed by atoms with Gasteiger partial charge >= 0.3 is 0 Å². The van der Waals surface area contributed by atoms with Gasteiger partial charge in [0.15, 0.2) is 5.96 Å². The molecule has 25 heavy (non-hydrogen) atoms. The molecule has 1 aromatic carbocycles. The fourth-order valence-electron chi connectivity index (χ4n) is 2.58. The lowest BCUT2D eigenvalue weighted by molar-refractivity contribution is 0.424. The highest BCUT2D eigenvalue weighted by Crippen LogP contribution is 2.10. The van der Waals surface area contributed by atoms with Crippen LogP contribution in [0.25, 0.3) is 0 Å². The number of benzene rings is 1. The van der Waals surface area contributed by atoms with Crippen molar-refractivity contribution in [3.63, 3.8) is 0 Å². The number of nitrogens with one attached hydrogen (secondary N) is 2. The highest BCUT2D eigenvalue weighted by molar-refractivity contribution is 7.88. The van der Waals surface area contributed by atoms with Crippen molar-refractivity contribution < 1.29 is 8.42 Å². The van der Waals surface area contributed by atoms with Crippen LogP contribution < -0.4 is 10.6 Å². The summed E-state index contributed by atoms with van der Waals surface area (Å²) in [6, 6.07) is 8.33. The quantitative estimate of drug-likeness (QED) is 0.376. The van der Waals surface area contributed by atoms with E-state index in [2.05, 4.69) is 40.7 Å². The number of hydrogen-bond donors (Lipinski definition) is 2. The zero-order valence-corrected chi connectivity index (χ0v) is 16.7.